The van der Waals surface area contributed by atoms with Crippen molar-refractivity contribution in [3.63, 3.8) is 0 Å². The van der Waals surface area contributed by atoms with Gasteiger partial charge in [-0.25, -0.2) is 0 Å². The molecule has 2 nitrogen and oxygen atoms in total. The topological polar surface area (TPSA) is 21.3 Å². The van der Waals surface area contributed by atoms with Crippen molar-refractivity contribution in [3.05, 3.63) is 0 Å². The van der Waals surface area contributed by atoms with Crippen LogP contribution in [-0.4, -0.2) is 26.8 Å². The maximum absolute atomic E-state index is 5.06. The van der Waals surface area contributed by atoms with Gasteiger partial charge in [0.05, 0.1) is 6.61 Å². The summed E-state index contributed by atoms with van der Waals surface area (Å²) in [5.41, 5.74) is 0. The van der Waals surface area contributed by atoms with Crippen LogP contribution in [-0.2, 0) is 4.74 Å². The highest BCUT2D eigenvalue weighted by Gasteiger charge is 2.24. The van der Waals surface area contributed by atoms with Crippen LogP contribution in [0.4, 0.5) is 0 Å². The third-order valence-corrected chi connectivity index (χ3v) is 2.09. The molecular formula is C8H17NO. The molecule has 0 aliphatic heterocycles. The molecule has 0 amide bonds. The average Bonchev–Trinajstić information content (AvgIpc) is 2.71. The molecule has 60 valence electrons. The van der Waals surface area contributed by atoms with Gasteiger partial charge >= 0.3 is 0 Å². The molecule has 0 saturated heterocycles. The second kappa shape index (κ2) is 3.94. The third-order valence-electron chi connectivity index (χ3n) is 2.09. The van der Waals surface area contributed by atoms with E-state index in [1.807, 2.05) is 7.05 Å². The number of likely N-dealkylation sites (N-methyl/N-ethyl adjacent to an activating group) is 1. The Bertz CT molecular complexity index is 91.3. The molecule has 1 atom stereocenters. The molecule has 0 aromatic rings. The van der Waals surface area contributed by atoms with Gasteiger partial charge in [-0.2, -0.15) is 0 Å². The van der Waals surface area contributed by atoms with Crippen LogP contribution < -0.4 is 5.32 Å². The molecule has 0 aromatic heterocycles. The van der Waals surface area contributed by atoms with Crippen LogP contribution in [0.25, 0.3) is 0 Å². The van der Waals surface area contributed by atoms with Crippen LogP contribution in [0.2, 0.25) is 0 Å². The van der Waals surface area contributed by atoms with Crippen LogP contribution in [0.1, 0.15) is 19.3 Å². The van der Waals surface area contributed by atoms with E-state index < -0.39 is 0 Å². The van der Waals surface area contributed by atoms with E-state index in [-0.39, 0.29) is 0 Å². The maximum atomic E-state index is 5.06. The SMILES string of the molecule is CNC(COC)CC1CC1. The second-order valence-electron chi connectivity index (χ2n) is 3.12. The Labute approximate surface area is 63.0 Å². The molecule has 1 saturated carbocycles. The third kappa shape index (κ3) is 2.67. The van der Waals surface area contributed by atoms with Gasteiger partial charge in [0.25, 0.3) is 0 Å². The smallest absolute Gasteiger partial charge is 0.0615 e. The van der Waals surface area contributed by atoms with Crippen LogP contribution in [0.5, 0.6) is 0 Å². The first-order chi connectivity index (χ1) is 4.86. The number of nitrogens with one attached hydrogen (secondary N) is 1. The van der Waals surface area contributed by atoms with Gasteiger partial charge in [0.15, 0.2) is 0 Å². The van der Waals surface area contributed by atoms with Crippen LogP contribution >= 0.6 is 0 Å². The standard InChI is InChI=1S/C8H17NO/c1-9-8(6-10-2)5-7-3-4-7/h7-9H,3-6H2,1-2H3. The fourth-order valence-corrected chi connectivity index (χ4v) is 1.23. The van der Waals surface area contributed by atoms with Crippen molar-refractivity contribution in [2.45, 2.75) is 25.3 Å². The molecule has 0 aromatic carbocycles. The van der Waals surface area contributed by atoms with Crippen LogP contribution in [0.15, 0.2) is 0 Å². The van der Waals surface area contributed by atoms with Crippen molar-refractivity contribution in [2.24, 2.45) is 5.92 Å². The summed E-state index contributed by atoms with van der Waals surface area (Å²) < 4.78 is 5.06. The zero-order valence-electron chi connectivity index (χ0n) is 6.89. The minimum atomic E-state index is 0.581. The summed E-state index contributed by atoms with van der Waals surface area (Å²) in [4.78, 5) is 0. The van der Waals surface area contributed by atoms with Gasteiger partial charge in [-0.3, -0.25) is 0 Å². The minimum Gasteiger partial charge on any atom is -0.383 e. The van der Waals surface area contributed by atoms with E-state index in [2.05, 4.69) is 5.32 Å². The number of methoxy groups -OCH3 is 1. The lowest BCUT2D eigenvalue weighted by atomic mass is 10.1. The van der Waals surface area contributed by atoms with Crippen molar-refractivity contribution >= 4 is 0 Å². The summed E-state index contributed by atoms with van der Waals surface area (Å²) >= 11 is 0. The highest BCUT2D eigenvalue weighted by atomic mass is 16.5. The van der Waals surface area contributed by atoms with Crippen molar-refractivity contribution in [2.75, 3.05) is 20.8 Å². The summed E-state index contributed by atoms with van der Waals surface area (Å²) in [6.45, 7) is 0.854. The number of hydrogen-bond acceptors (Lipinski definition) is 2. The predicted molar refractivity (Wildman–Crippen MR) is 42.1 cm³/mol. The molecule has 1 aliphatic carbocycles. The van der Waals surface area contributed by atoms with Gasteiger partial charge in [0.2, 0.25) is 0 Å². The number of hydrogen-bond donors (Lipinski definition) is 1. The number of rotatable bonds is 5. The molecule has 0 heterocycles. The van der Waals surface area contributed by atoms with Gasteiger partial charge in [0.1, 0.15) is 0 Å². The molecule has 1 rings (SSSR count). The van der Waals surface area contributed by atoms with Gasteiger partial charge in [0, 0.05) is 13.2 Å². The van der Waals surface area contributed by atoms with Crippen molar-refractivity contribution in [3.8, 4) is 0 Å². The molecule has 1 aliphatic rings. The zero-order valence-corrected chi connectivity index (χ0v) is 6.89. The summed E-state index contributed by atoms with van der Waals surface area (Å²) in [5.74, 6) is 0.993. The lowest BCUT2D eigenvalue weighted by Crippen LogP contribution is -2.30. The fraction of sp³-hybridized carbons (Fsp3) is 1.00. The van der Waals surface area contributed by atoms with E-state index >= 15 is 0 Å². The van der Waals surface area contributed by atoms with Crippen LogP contribution in [0, 0.1) is 5.92 Å². The molecule has 1 fully saturated rings. The lowest BCUT2D eigenvalue weighted by Gasteiger charge is -2.13. The fourth-order valence-electron chi connectivity index (χ4n) is 1.23. The van der Waals surface area contributed by atoms with Gasteiger partial charge in [-0.05, 0) is 19.4 Å². The Morgan fingerprint density at radius 1 is 1.60 bits per heavy atom. The monoisotopic (exact) mass is 143 g/mol. The molecule has 1 unspecified atom stereocenters. The van der Waals surface area contributed by atoms with E-state index in [0.717, 1.165) is 12.5 Å². The van der Waals surface area contributed by atoms with E-state index in [1.165, 1.54) is 19.3 Å². The molecule has 10 heavy (non-hydrogen) atoms. The zero-order chi connectivity index (χ0) is 7.40. The van der Waals surface area contributed by atoms with Gasteiger partial charge in [-0.15, -0.1) is 0 Å². The summed E-state index contributed by atoms with van der Waals surface area (Å²) in [5, 5.41) is 3.25. The van der Waals surface area contributed by atoms with E-state index in [0.29, 0.717) is 6.04 Å². The quantitative estimate of drug-likeness (QED) is 0.620. The molecule has 1 N–H and O–H groups in total. The Morgan fingerprint density at radius 3 is 2.70 bits per heavy atom. The first-order valence-electron chi connectivity index (χ1n) is 4.03. The largest absolute Gasteiger partial charge is 0.383 e. The minimum absolute atomic E-state index is 0.581. The second-order valence-corrected chi connectivity index (χ2v) is 3.12. The Hall–Kier alpha value is -0.0800. The highest BCUT2D eigenvalue weighted by molar-refractivity contribution is 4.79. The predicted octanol–water partition coefficient (Wildman–Crippen LogP) is 1.02. The summed E-state index contributed by atoms with van der Waals surface area (Å²) in [6, 6.07) is 0.581. The Balaban J connectivity index is 2.05. The number of ether oxygens (including phenoxy) is 1. The average molecular weight is 143 g/mol. The van der Waals surface area contributed by atoms with Gasteiger partial charge in [-0.1, -0.05) is 12.8 Å². The lowest BCUT2D eigenvalue weighted by molar-refractivity contribution is 0.163. The highest BCUT2D eigenvalue weighted by Crippen LogP contribution is 2.33. The van der Waals surface area contributed by atoms with Crippen LogP contribution in [0.3, 0.4) is 0 Å². The van der Waals surface area contributed by atoms with Crippen molar-refractivity contribution < 1.29 is 4.74 Å². The normalized spacial score (nSPS) is 21.0. The van der Waals surface area contributed by atoms with E-state index in [4.69, 9.17) is 4.74 Å². The first-order valence-corrected chi connectivity index (χ1v) is 4.03. The Kier molecular flexibility index (Phi) is 3.16. The molecule has 0 spiro atoms. The van der Waals surface area contributed by atoms with Crippen molar-refractivity contribution in [1.29, 1.82) is 0 Å². The van der Waals surface area contributed by atoms with E-state index in [1.54, 1.807) is 7.11 Å². The van der Waals surface area contributed by atoms with Crippen molar-refractivity contribution in [1.82, 2.24) is 5.32 Å². The van der Waals surface area contributed by atoms with Gasteiger partial charge < -0.3 is 10.1 Å². The molecule has 0 bridgehead atoms. The molecule has 0 radical (unpaired) electrons. The van der Waals surface area contributed by atoms with E-state index in [9.17, 15) is 0 Å². The first kappa shape index (κ1) is 8.02. The summed E-state index contributed by atoms with van der Waals surface area (Å²) in [6.07, 6.45) is 4.16. The maximum Gasteiger partial charge on any atom is 0.0615 e. The molecular weight excluding hydrogens is 126 g/mol. The summed E-state index contributed by atoms with van der Waals surface area (Å²) in [7, 11) is 3.77. The Morgan fingerprint density at radius 2 is 2.30 bits per heavy atom. The molecule has 2 heteroatoms.